The predicted octanol–water partition coefficient (Wildman–Crippen LogP) is 3.66. The molecule has 0 aliphatic carbocycles. The summed E-state index contributed by atoms with van der Waals surface area (Å²) in [7, 11) is -3.98. The first-order valence-corrected chi connectivity index (χ1v) is 12.2. The Kier molecular flexibility index (Phi) is 6.86. The third kappa shape index (κ3) is 5.53. The Morgan fingerprint density at radius 2 is 1.81 bits per heavy atom. The van der Waals surface area contributed by atoms with Gasteiger partial charge in [-0.15, -0.1) is 0 Å². The smallest absolute Gasteiger partial charge is 0.356 e. The first-order chi connectivity index (χ1) is 17.4. The van der Waals surface area contributed by atoms with Crippen molar-refractivity contribution < 1.29 is 30.8 Å². The van der Waals surface area contributed by atoms with E-state index < -0.39 is 46.3 Å². The summed E-state index contributed by atoms with van der Waals surface area (Å²) in [5.41, 5.74) is 1.29. The number of rotatable bonds is 7. The molecular formula is C23H20F4N6O3S. The summed E-state index contributed by atoms with van der Waals surface area (Å²) in [6, 6.07) is 8.04. The monoisotopic (exact) mass is 536 g/mol. The number of benzene rings is 1. The quantitative estimate of drug-likeness (QED) is 0.346. The molecule has 4 aromatic rings. The van der Waals surface area contributed by atoms with Crippen LogP contribution in [0.1, 0.15) is 12.5 Å². The van der Waals surface area contributed by atoms with E-state index in [9.17, 15) is 30.8 Å². The Hall–Kier alpha value is -4.07. The van der Waals surface area contributed by atoms with E-state index in [1.54, 1.807) is 17.4 Å². The Morgan fingerprint density at radius 1 is 1.11 bits per heavy atom. The number of nitrogens with one attached hydrogen (secondary N) is 2. The zero-order valence-electron chi connectivity index (χ0n) is 19.4. The van der Waals surface area contributed by atoms with Crippen LogP contribution in [-0.2, 0) is 14.8 Å². The number of carbonyl (C=O) groups is 1. The fourth-order valence-corrected chi connectivity index (χ4v) is 4.74. The highest BCUT2D eigenvalue weighted by molar-refractivity contribution is 7.90. The predicted molar refractivity (Wildman–Crippen MR) is 127 cm³/mol. The lowest BCUT2D eigenvalue weighted by Crippen LogP contribution is -2.42. The molecule has 9 nitrogen and oxygen atoms in total. The molecule has 1 amide bonds. The molecule has 0 spiro atoms. The van der Waals surface area contributed by atoms with Crippen LogP contribution < -0.4 is 10.6 Å². The van der Waals surface area contributed by atoms with Gasteiger partial charge in [0, 0.05) is 23.3 Å². The van der Waals surface area contributed by atoms with E-state index in [4.69, 9.17) is 0 Å². The van der Waals surface area contributed by atoms with Gasteiger partial charge in [-0.3, -0.25) is 4.79 Å². The van der Waals surface area contributed by atoms with E-state index in [1.807, 2.05) is 6.92 Å². The maximum atomic E-state index is 14.4. The first-order valence-electron chi connectivity index (χ1n) is 10.8. The highest BCUT2D eigenvalue weighted by atomic mass is 32.2. The van der Waals surface area contributed by atoms with Crippen molar-refractivity contribution in [2.24, 2.45) is 0 Å². The lowest BCUT2D eigenvalue weighted by molar-refractivity contribution is -0.138. The summed E-state index contributed by atoms with van der Waals surface area (Å²) in [6.07, 6.45) is -1.10. The van der Waals surface area contributed by atoms with Crippen molar-refractivity contribution in [2.75, 3.05) is 11.9 Å². The van der Waals surface area contributed by atoms with Crippen LogP contribution in [0.15, 0.2) is 59.9 Å². The second-order valence-corrected chi connectivity index (χ2v) is 9.93. The summed E-state index contributed by atoms with van der Waals surface area (Å²) in [5, 5.41) is 4.50. The molecule has 14 heteroatoms. The van der Waals surface area contributed by atoms with Gasteiger partial charge in [-0.2, -0.15) is 13.2 Å². The van der Waals surface area contributed by atoms with Gasteiger partial charge in [0.1, 0.15) is 12.6 Å². The molecule has 0 bridgehead atoms. The molecule has 4 rings (SSSR count). The number of halogens is 4. The van der Waals surface area contributed by atoms with Crippen LogP contribution in [0.3, 0.4) is 0 Å². The fourth-order valence-electron chi connectivity index (χ4n) is 3.44. The van der Waals surface area contributed by atoms with Crippen molar-refractivity contribution in [1.82, 2.24) is 24.2 Å². The third-order valence-electron chi connectivity index (χ3n) is 5.33. The van der Waals surface area contributed by atoms with Crippen molar-refractivity contribution in [1.29, 1.82) is 0 Å². The second-order valence-electron chi connectivity index (χ2n) is 8.11. The van der Waals surface area contributed by atoms with E-state index in [2.05, 4.69) is 20.3 Å². The van der Waals surface area contributed by atoms with Crippen molar-refractivity contribution in [3.63, 3.8) is 0 Å². The van der Waals surface area contributed by atoms with Crippen molar-refractivity contribution >= 4 is 32.8 Å². The van der Waals surface area contributed by atoms with Crippen LogP contribution >= 0.6 is 0 Å². The van der Waals surface area contributed by atoms with Gasteiger partial charge in [0.15, 0.2) is 23.1 Å². The molecule has 0 saturated heterocycles. The Morgan fingerprint density at radius 3 is 2.49 bits per heavy atom. The molecule has 37 heavy (non-hydrogen) atoms. The molecule has 3 aromatic heterocycles. The van der Waals surface area contributed by atoms with Crippen LogP contribution in [0.5, 0.6) is 0 Å². The summed E-state index contributed by atoms with van der Waals surface area (Å²) >= 11 is 0. The van der Waals surface area contributed by atoms with Crippen LogP contribution in [-0.4, -0.2) is 52.0 Å². The summed E-state index contributed by atoms with van der Waals surface area (Å²) in [5.74, 6) is -2.40. The third-order valence-corrected chi connectivity index (χ3v) is 7.01. The van der Waals surface area contributed by atoms with Crippen LogP contribution in [0.25, 0.3) is 22.4 Å². The lowest BCUT2D eigenvalue weighted by Gasteiger charge is -2.16. The van der Waals surface area contributed by atoms with Gasteiger partial charge < -0.3 is 10.6 Å². The highest BCUT2D eigenvalue weighted by Crippen LogP contribution is 2.29. The molecule has 0 aliphatic rings. The Bertz CT molecular complexity index is 1570. The summed E-state index contributed by atoms with van der Waals surface area (Å²) in [6.45, 7) is 1.54. The zero-order valence-corrected chi connectivity index (χ0v) is 20.2. The van der Waals surface area contributed by atoms with Gasteiger partial charge in [0.2, 0.25) is 5.91 Å². The standard InChI is InChI=1S/C23H20F4N6O3S/c1-13-3-5-15(6-4-13)37(35,36)33-10-8-17-16(7-9-28-21(17)33)19-29-11-18(24)20(32-19)31-14(2)22(34)30-12-23(25,26)27/h3-11,14H,12H2,1-2H3,(H,30,34)(H,29,31,32). The van der Waals surface area contributed by atoms with Gasteiger partial charge in [-0.1, -0.05) is 17.7 Å². The van der Waals surface area contributed by atoms with E-state index >= 15 is 0 Å². The number of carbonyl (C=O) groups excluding carboxylic acids is 1. The summed E-state index contributed by atoms with van der Waals surface area (Å²) < 4.78 is 78.9. The number of hydrogen-bond acceptors (Lipinski definition) is 7. The van der Waals surface area contributed by atoms with Crippen LogP contribution in [0, 0.1) is 12.7 Å². The molecule has 0 fully saturated rings. The molecule has 1 atom stereocenters. The van der Waals surface area contributed by atoms with Crippen molar-refractivity contribution in [3.05, 3.63) is 66.4 Å². The average molecular weight is 537 g/mol. The minimum Gasteiger partial charge on any atom is -0.356 e. The first kappa shape index (κ1) is 26.0. The normalized spacial score (nSPS) is 12.9. The molecule has 2 N–H and O–H groups in total. The largest absolute Gasteiger partial charge is 0.405 e. The van der Waals surface area contributed by atoms with Gasteiger partial charge in [-0.25, -0.2) is 31.7 Å². The number of pyridine rings is 1. The van der Waals surface area contributed by atoms with Gasteiger partial charge in [-0.05, 0) is 38.1 Å². The van der Waals surface area contributed by atoms with Gasteiger partial charge in [0.25, 0.3) is 10.0 Å². The van der Waals surface area contributed by atoms with E-state index in [0.29, 0.717) is 10.9 Å². The SMILES string of the molecule is Cc1ccc(S(=O)(=O)n2ccc3c(-c4ncc(F)c(NC(C)C(=O)NCC(F)(F)F)n4)ccnc32)cc1. The number of amides is 1. The molecule has 0 radical (unpaired) electrons. The van der Waals surface area contributed by atoms with E-state index in [-0.39, 0.29) is 16.4 Å². The highest BCUT2D eigenvalue weighted by Gasteiger charge is 2.29. The number of hydrogen-bond donors (Lipinski definition) is 2. The van der Waals surface area contributed by atoms with E-state index in [0.717, 1.165) is 15.7 Å². The maximum absolute atomic E-state index is 14.4. The number of nitrogens with zero attached hydrogens (tertiary/aromatic N) is 4. The molecule has 1 aromatic carbocycles. The van der Waals surface area contributed by atoms with Crippen molar-refractivity contribution in [3.8, 4) is 11.4 Å². The van der Waals surface area contributed by atoms with Crippen molar-refractivity contribution in [2.45, 2.75) is 31.0 Å². The molecule has 1 unspecified atom stereocenters. The fraction of sp³-hybridized carbons (Fsp3) is 0.217. The molecular weight excluding hydrogens is 516 g/mol. The minimum absolute atomic E-state index is 0.0234. The molecule has 0 aliphatic heterocycles. The number of aromatic nitrogens is 4. The maximum Gasteiger partial charge on any atom is 0.405 e. The average Bonchev–Trinajstić information content (AvgIpc) is 3.29. The second kappa shape index (κ2) is 9.76. The van der Waals surface area contributed by atoms with Crippen LogP contribution in [0.2, 0.25) is 0 Å². The lowest BCUT2D eigenvalue weighted by atomic mass is 10.2. The number of fused-ring (bicyclic) bond motifs is 1. The Labute approximate surface area is 208 Å². The molecule has 0 saturated carbocycles. The van der Waals surface area contributed by atoms with Gasteiger partial charge >= 0.3 is 6.18 Å². The minimum atomic E-state index is -4.60. The van der Waals surface area contributed by atoms with Crippen LogP contribution in [0.4, 0.5) is 23.4 Å². The molecule has 3 heterocycles. The Balaban J connectivity index is 1.67. The molecule has 194 valence electrons. The van der Waals surface area contributed by atoms with E-state index in [1.165, 1.54) is 43.6 Å². The summed E-state index contributed by atoms with van der Waals surface area (Å²) in [4.78, 5) is 24.2. The topological polar surface area (TPSA) is 119 Å². The number of aryl methyl sites for hydroxylation is 1. The van der Waals surface area contributed by atoms with Gasteiger partial charge in [0.05, 0.1) is 11.1 Å². The number of alkyl halides is 3. The zero-order chi connectivity index (χ0) is 27.0. The number of anilines is 1.